The monoisotopic (exact) mass is 286 g/mol. The Morgan fingerprint density at radius 1 is 0.762 bits per heavy atom. The maximum atomic E-state index is 9.85. The zero-order valence-corrected chi connectivity index (χ0v) is 12.9. The summed E-state index contributed by atoms with van der Waals surface area (Å²) in [5.41, 5.74) is 5.89. The van der Waals surface area contributed by atoms with Crippen molar-refractivity contribution in [2.75, 3.05) is 24.7 Å². The predicted octanol–water partition coefficient (Wildman–Crippen LogP) is 3.39. The minimum Gasteiger partial charge on any atom is -0.506 e. The second-order valence-corrected chi connectivity index (χ2v) is 5.16. The second-order valence-electron chi connectivity index (χ2n) is 5.16. The normalized spacial score (nSPS) is 10.5. The average Bonchev–Trinajstić information content (AvgIpc) is 2.45. The van der Waals surface area contributed by atoms with Crippen LogP contribution in [0.25, 0.3) is 0 Å². The molecule has 0 aliphatic rings. The van der Waals surface area contributed by atoms with E-state index in [2.05, 4.69) is 10.6 Å². The Kier molecular flexibility index (Phi) is 4.26. The number of rotatable bonds is 4. The van der Waals surface area contributed by atoms with Gasteiger partial charge in [0.2, 0.25) is 0 Å². The van der Waals surface area contributed by atoms with Crippen LogP contribution in [-0.4, -0.2) is 24.3 Å². The van der Waals surface area contributed by atoms with Crippen LogP contribution in [0.2, 0.25) is 0 Å². The summed E-state index contributed by atoms with van der Waals surface area (Å²) < 4.78 is 0. The molecule has 0 aromatic heterocycles. The van der Waals surface area contributed by atoms with Gasteiger partial charge in [0.05, 0.1) is 11.4 Å². The Bertz CT molecular complexity index is 609. The van der Waals surface area contributed by atoms with Crippen molar-refractivity contribution in [1.82, 2.24) is 0 Å². The fourth-order valence-electron chi connectivity index (χ4n) is 2.70. The number of phenols is 2. The molecule has 0 amide bonds. The summed E-state index contributed by atoms with van der Waals surface area (Å²) in [6.07, 6.45) is 0.752. The van der Waals surface area contributed by atoms with E-state index in [9.17, 15) is 10.2 Å². The molecule has 0 unspecified atom stereocenters. The molecule has 0 saturated carbocycles. The summed E-state index contributed by atoms with van der Waals surface area (Å²) in [5.74, 6) is 0.522. The topological polar surface area (TPSA) is 64.5 Å². The number of hydrogen-bond acceptors (Lipinski definition) is 4. The van der Waals surface area contributed by atoms with E-state index < -0.39 is 0 Å². The van der Waals surface area contributed by atoms with Crippen molar-refractivity contribution >= 4 is 11.4 Å². The number of anilines is 2. The first-order valence-electron chi connectivity index (χ1n) is 6.98. The Morgan fingerprint density at radius 3 is 1.48 bits per heavy atom. The molecule has 21 heavy (non-hydrogen) atoms. The zero-order valence-electron chi connectivity index (χ0n) is 12.9. The molecule has 4 N–H and O–H groups in total. The van der Waals surface area contributed by atoms with Crippen LogP contribution in [0.3, 0.4) is 0 Å². The van der Waals surface area contributed by atoms with Crippen LogP contribution < -0.4 is 10.6 Å². The van der Waals surface area contributed by atoms with Crippen molar-refractivity contribution in [3.8, 4) is 11.5 Å². The van der Waals surface area contributed by atoms with Crippen LogP contribution in [0.1, 0.15) is 22.3 Å². The van der Waals surface area contributed by atoms with Crippen LogP contribution in [-0.2, 0) is 6.42 Å². The standard InChI is InChI=1S/C17H22N2O2/c1-10-12(5-7-14(20)16(10)18-3)9-13-6-8-15(21)17(19-4)11(13)2/h5-8,18-21H,9H2,1-4H3. The smallest absolute Gasteiger partial charge is 0.138 e. The van der Waals surface area contributed by atoms with E-state index in [1.807, 2.05) is 26.0 Å². The lowest BCUT2D eigenvalue weighted by molar-refractivity contribution is 0.476. The van der Waals surface area contributed by atoms with E-state index in [0.29, 0.717) is 0 Å². The third-order valence-corrected chi connectivity index (χ3v) is 3.99. The highest BCUT2D eigenvalue weighted by molar-refractivity contribution is 5.66. The van der Waals surface area contributed by atoms with Crippen molar-refractivity contribution < 1.29 is 10.2 Å². The molecule has 0 bridgehead atoms. The summed E-state index contributed by atoms with van der Waals surface area (Å²) in [6, 6.07) is 7.31. The summed E-state index contributed by atoms with van der Waals surface area (Å²) in [5, 5.41) is 25.8. The maximum Gasteiger partial charge on any atom is 0.138 e. The van der Waals surface area contributed by atoms with E-state index in [1.54, 1.807) is 26.2 Å². The largest absolute Gasteiger partial charge is 0.506 e. The van der Waals surface area contributed by atoms with Crippen molar-refractivity contribution in [3.05, 3.63) is 46.5 Å². The van der Waals surface area contributed by atoms with Gasteiger partial charge in [0.25, 0.3) is 0 Å². The lowest BCUT2D eigenvalue weighted by Crippen LogP contribution is -2.01. The molecular formula is C17H22N2O2. The lowest BCUT2D eigenvalue weighted by Gasteiger charge is -2.16. The van der Waals surface area contributed by atoms with Gasteiger partial charge in [-0.05, 0) is 54.7 Å². The molecule has 2 aromatic carbocycles. The minimum absolute atomic E-state index is 0.261. The molecule has 2 rings (SSSR count). The molecule has 112 valence electrons. The van der Waals surface area contributed by atoms with Crippen LogP contribution in [0.4, 0.5) is 11.4 Å². The van der Waals surface area contributed by atoms with Crippen LogP contribution >= 0.6 is 0 Å². The highest BCUT2D eigenvalue weighted by Crippen LogP contribution is 2.33. The van der Waals surface area contributed by atoms with Crippen LogP contribution in [0.15, 0.2) is 24.3 Å². The van der Waals surface area contributed by atoms with Gasteiger partial charge in [-0.3, -0.25) is 0 Å². The predicted molar refractivity (Wildman–Crippen MR) is 87.6 cm³/mol. The first-order chi connectivity index (χ1) is 9.99. The van der Waals surface area contributed by atoms with Gasteiger partial charge in [-0.1, -0.05) is 12.1 Å². The minimum atomic E-state index is 0.261. The van der Waals surface area contributed by atoms with Gasteiger partial charge in [-0.25, -0.2) is 0 Å². The average molecular weight is 286 g/mol. The quantitative estimate of drug-likeness (QED) is 0.651. The van der Waals surface area contributed by atoms with E-state index >= 15 is 0 Å². The Hall–Kier alpha value is -2.36. The maximum absolute atomic E-state index is 9.85. The Morgan fingerprint density at radius 2 is 1.14 bits per heavy atom. The molecular weight excluding hydrogens is 264 g/mol. The lowest BCUT2D eigenvalue weighted by atomic mass is 9.95. The molecule has 0 saturated heterocycles. The van der Waals surface area contributed by atoms with Gasteiger partial charge in [0.1, 0.15) is 11.5 Å². The van der Waals surface area contributed by atoms with Gasteiger partial charge in [0.15, 0.2) is 0 Å². The number of aromatic hydroxyl groups is 2. The fraction of sp³-hybridized carbons (Fsp3) is 0.294. The molecule has 0 heterocycles. The van der Waals surface area contributed by atoms with Crippen LogP contribution in [0, 0.1) is 13.8 Å². The van der Waals surface area contributed by atoms with Crippen molar-refractivity contribution in [3.63, 3.8) is 0 Å². The molecule has 4 nitrogen and oxygen atoms in total. The Labute approximate surface area is 125 Å². The number of hydrogen-bond donors (Lipinski definition) is 4. The third-order valence-electron chi connectivity index (χ3n) is 3.99. The fourth-order valence-corrected chi connectivity index (χ4v) is 2.70. The molecule has 0 atom stereocenters. The molecule has 0 fully saturated rings. The van der Waals surface area contributed by atoms with E-state index in [1.165, 1.54) is 0 Å². The Balaban J connectivity index is 2.44. The van der Waals surface area contributed by atoms with Gasteiger partial charge >= 0.3 is 0 Å². The second kappa shape index (κ2) is 5.95. The third kappa shape index (κ3) is 2.75. The van der Waals surface area contributed by atoms with Gasteiger partial charge in [0, 0.05) is 14.1 Å². The van der Waals surface area contributed by atoms with E-state index in [4.69, 9.17) is 0 Å². The zero-order chi connectivity index (χ0) is 15.6. The summed E-state index contributed by atoms with van der Waals surface area (Å²) in [4.78, 5) is 0. The number of phenolic OH excluding ortho intramolecular Hbond substituents is 2. The van der Waals surface area contributed by atoms with E-state index in [0.717, 1.165) is 40.0 Å². The summed E-state index contributed by atoms with van der Waals surface area (Å²) in [6.45, 7) is 3.99. The first kappa shape index (κ1) is 15.0. The number of nitrogens with one attached hydrogen (secondary N) is 2. The summed E-state index contributed by atoms with van der Waals surface area (Å²) in [7, 11) is 3.60. The van der Waals surface area contributed by atoms with Crippen molar-refractivity contribution in [2.45, 2.75) is 20.3 Å². The summed E-state index contributed by atoms with van der Waals surface area (Å²) >= 11 is 0. The SMILES string of the molecule is CNc1c(O)ccc(Cc2ccc(O)c(NC)c2C)c1C. The van der Waals surface area contributed by atoms with Gasteiger partial charge < -0.3 is 20.8 Å². The van der Waals surface area contributed by atoms with Crippen LogP contribution in [0.5, 0.6) is 11.5 Å². The highest BCUT2D eigenvalue weighted by Gasteiger charge is 2.12. The van der Waals surface area contributed by atoms with E-state index in [-0.39, 0.29) is 11.5 Å². The molecule has 2 aromatic rings. The highest BCUT2D eigenvalue weighted by atomic mass is 16.3. The van der Waals surface area contributed by atoms with Gasteiger partial charge in [-0.2, -0.15) is 0 Å². The first-order valence-corrected chi connectivity index (χ1v) is 6.98. The molecule has 0 aliphatic carbocycles. The van der Waals surface area contributed by atoms with Gasteiger partial charge in [-0.15, -0.1) is 0 Å². The molecule has 0 aliphatic heterocycles. The van der Waals surface area contributed by atoms with Crippen molar-refractivity contribution in [2.24, 2.45) is 0 Å². The molecule has 0 spiro atoms. The number of benzene rings is 2. The molecule has 0 radical (unpaired) electrons. The molecule has 4 heteroatoms. The van der Waals surface area contributed by atoms with Crippen molar-refractivity contribution in [1.29, 1.82) is 0 Å².